The number of anilines is 1. The Labute approximate surface area is 92.5 Å². The minimum atomic E-state index is -0.214. The lowest BCUT2D eigenvalue weighted by Crippen LogP contribution is -2.32. The van der Waals surface area contributed by atoms with Crippen LogP contribution in [0.3, 0.4) is 0 Å². The van der Waals surface area contributed by atoms with Gasteiger partial charge in [-0.25, -0.2) is 0 Å². The molecule has 1 aromatic rings. The van der Waals surface area contributed by atoms with Gasteiger partial charge in [-0.2, -0.15) is 0 Å². The molecule has 0 radical (unpaired) electrons. The Morgan fingerprint density at radius 2 is 2.33 bits per heavy atom. The lowest BCUT2D eigenvalue weighted by molar-refractivity contribution is 0.0949. The number of carbonyl (C=O) groups excluding carboxylic acids is 1. The van der Waals surface area contributed by atoms with Crippen LogP contribution < -0.4 is 11.1 Å². The van der Waals surface area contributed by atoms with E-state index >= 15 is 0 Å². The van der Waals surface area contributed by atoms with Gasteiger partial charge in [0.15, 0.2) is 0 Å². The Morgan fingerprint density at radius 1 is 1.60 bits per heavy atom. The molecule has 7 heteroatoms. The minimum absolute atomic E-state index is 0.214. The number of carbonyl (C=O) groups is 1. The molecule has 1 aromatic heterocycles. The predicted octanol–water partition coefficient (Wildman–Crippen LogP) is -0.198. The van der Waals surface area contributed by atoms with Crippen molar-refractivity contribution in [2.24, 2.45) is 0 Å². The predicted molar refractivity (Wildman–Crippen MR) is 59.8 cm³/mol. The Morgan fingerprint density at radius 3 is 2.87 bits per heavy atom. The largest absolute Gasteiger partial charge is 0.374 e. The summed E-state index contributed by atoms with van der Waals surface area (Å²) in [5.74, 6) is -0.214. The van der Waals surface area contributed by atoms with Crippen molar-refractivity contribution >= 4 is 22.4 Å². The lowest BCUT2D eigenvalue weighted by atomic mass is 10.5. The molecule has 0 saturated heterocycles. The van der Waals surface area contributed by atoms with Crippen molar-refractivity contribution < 1.29 is 4.79 Å². The molecular formula is C8H15N5OS. The fourth-order valence-corrected chi connectivity index (χ4v) is 1.45. The zero-order chi connectivity index (χ0) is 11.3. The summed E-state index contributed by atoms with van der Waals surface area (Å²) in [6.45, 7) is 4.44. The number of hydrogen-bond donors (Lipinski definition) is 2. The van der Waals surface area contributed by atoms with E-state index in [1.54, 1.807) is 0 Å². The van der Waals surface area contributed by atoms with Gasteiger partial charge in [-0.1, -0.05) is 18.3 Å². The van der Waals surface area contributed by atoms with Crippen LogP contribution in [-0.2, 0) is 0 Å². The van der Waals surface area contributed by atoms with Crippen molar-refractivity contribution in [3.05, 3.63) is 5.01 Å². The Balaban J connectivity index is 2.31. The number of nitrogens with one attached hydrogen (secondary N) is 1. The van der Waals surface area contributed by atoms with Crippen LogP contribution in [-0.4, -0.2) is 47.7 Å². The highest BCUT2D eigenvalue weighted by Gasteiger charge is 2.10. The highest BCUT2D eigenvalue weighted by Crippen LogP contribution is 2.09. The molecule has 15 heavy (non-hydrogen) atoms. The van der Waals surface area contributed by atoms with Crippen LogP contribution in [0.25, 0.3) is 0 Å². The first-order valence-corrected chi connectivity index (χ1v) is 5.51. The molecule has 0 aliphatic rings. The van der Waals surface area contributed by atoms with E-state index in [1.165, 1.54) is 0 Å². The van der Waals surface area contributed by atoms with E-state index < -0.39 is 0 Å². The van der Waals surface area contributed by atoms with E-state index in [4.69, 9.17) is 5.73 Å². The van der Waals surface area contributed by atoms with Gasteiger partial charge in [0.05, 0.1) is 0 Å². The summed E-state index contributed by atoms with van der Waals surface area (Å²) in [5, 5.41) is 10.6. The summed E-state index contributed by atoms with van der Waals surface area (Å²) < 4.78 is 0. The molecule has 0 atom stereocenters. The van der Waals surface area contributed by atoms with Crippen molar-refractivity contribution in [3.63, 3.8) is 0 Å². The molecule has 0 spiro atoms. The summed E-state index contributed by atoms with van der Waals surface area (Å²) in [6, 6.07) is 0. The average molecular weight is 229 g/mol. The maximum Gasteiger partial charge on any atom is 0.282 e. The van der Waals surface area contributed by atoms with Crippen molar-refractivity contribution in [1.29, 1.82) is 0 Å². The van der Waals surface area contributed by atoms with Crippen LogP contribution in [0.4, 0.5) is 5.13 Å². The first-order chi connectivity index (χ1) is 7.13. The first-order valence-electron chi connectivity index (χ1n) is 4.69. The van der Waals surface area contributed by atoms with Gasteiger partial charge in [0.25, 0.3) is 5.91 Å². The van der Waals surface area contributed by atoms with Crippen LogP contribution >= 0.6 is 11.3 Å². The SMILES string of the molecule is CCN(C)CCNC(=O)c1nnc(N)s1. The second-order valence-corrected chi connectivity index (χ2v) is 4.11. The number of hydrogen-bond acceptors (Lipinski definition) is 6. The molecule has 6 nitrogen and oxygen atoms in total. The van der Waals surface area contributed by atoms with E-state index in [0.717, 1.165) is 24.4 Å². The average Bonchev–Trinajstić information content (AvgIpc) is 2.64. The molecule has 0 aliphatic carbocycles. The summed E-state index contributed by atoms with van der Waals surface area (Å²) in [6.07, 6.45) is 0. The fraction of sp³-hybridized carbons (Fsp3) is 0.625. The molecule has 0 fully saturated rings. The van der Waals surface area contributed by atoms with Gasteiger partial charge >= 0.3 is 0 Å². The standard InChI is InChI=1S/C8H15N5OS/c1-3-13(2)5-4-10-6(14)7-11-12-8(9)15-7/h3-5H2,1-2H3,(H2,9,12)(H,10,14). The third-order valence-corrected chi connectivity index (χ3v) is 2.70. The Kier molecular flexibility index (Phi) is 4.44. The quantitative estimate of drug-likeness (QED) is 0.730. The lowest BCUT2D eigenvalue weighted by Gasteiger charge is -2.13. The van der Waals surface area contributed by atoms with Crippen LogP contribution in [0.2, 0.25) is 0 Å². The van der Waals surface area contributed by atoms with Crippen molar-refractivity contribution in [2.45, 2.75) is 6.92 Å². The van der Waals surface area contributed by atoms with Gasteiger partial charge in [-0.3, -0.25) is 4.79 Å². The molecule has 84 valence electrons. The number of likely N-dealkylation sites (N-methyl/N-ethyl adjacent to an activating group) is 1. The van der Waals surface area contributed by atoms with E-state index in [0.29, 0.717) is 16.7 Å². The highest BCUT2D eigenvalue weighted by molar-refractivity contribution is 7.16. The number of amides is 1. The van der Waals surface area contributed by atoms with Crippen molar-refractivity contribution in [2.75, 3.05) is 32.4 Å². The van der Waals surface area contributed by atoms with Crippen LogP contribution in [0.5, 0.6) is 0 Å². The number of aromatic nitrogens is 2. The number of rotatable bonds is 5. The molecule has 0 aliphatic heterocycles. The van der Waals surface area contributed by atoms with Gasteiger partial charge in [0.2, 0.25) is 10.1 Å². The smallest absolute Gasteiger partial charge is 0.282 e. The first kappa shape index (κ1) is 11.9. The van der Waals surface area contributed by atoms with Gasteiger partial charge in [0.1, 0.15) is 0 Å². The van der Waals surface area contributed by atoms with E-state index in [1.807, 2.05) is 7.05 Å². The third kappa shape index (κ3) is 3.80. The Hall–Kier alpha value is -1.21. The van der Waals surface area contributed by atoms with E-state index in [9.17, 15) is 4.79 Å². The maximum absolute atomic E-state index is 11.5. The van der Waals surface area contributed by atoms with Crippen molar-refractivity contribution in [3.8, 4) is 0 Å². The molecule has 0 aromatic carbocycles. The molecule has 0 bridgehead atoms. The minimum Gasteiger partial charge on any atom is -0.374 e. The summed E-state index contributed by atoms with van der Waals surface area (Å²) in [7, 11) is 2.00. The molecule has 1 rings (SSSR count). The van der Waals surface area contributed by atoms with Crippen LogP contribution in [0.15, 0.2) is 0 Å². The molecule has 0 saturated carbocycles. The van der Waals surface area contributed by atoms with Gasteiger partial charge in [-0.15, -0.1) is 10.2 Å². The van der Waals surface area contributed by atoms with E-state index in [-0.39, 0.29) is 5.91 Å². The number of nitrogens with two attached hydrogens (primary N) is 1. The number of nitrogen functional groups attached to an aromatic ring is 1. The molecular weight excluding hydrogens is 214 g/mol. The van der Waals surface area contributed by atoms with E-state index in [2.05, 4.69) is 27.3 Å². The Bertz CT molecular complexity index is 327. The zero-order valence-corrected chi connectivity index (χ0v) is 9.67. The maximum atomic E-state index is 11.5. The van der Waals surface area contributed by atoms with Gasteiger partial charge < -0.3 is 16.0 Å². The monoisotopic (exact) mass is 229 g/mol. The molecule has 1 amide bonds. The molecule has 0 unspecified atom stereocenters. The molecule has 3 N–H and O–H groups in total. The number of nitrogens with zero attached hydrogens (tertiary/aromatic N) is 3. The topological polar surface area (TPSA) is 84.1 Å². The van der Waals surface area contributed by atoms with Gasteiger partial charge in [0, 0.05) is 13.1 Å². The summed E-state index contributed by atoms with van der Waals surface area (Å²) >= 11 is 1.09. The zero-order valence-electron chi connectivity index (χ0n) is 8.86. The van der Waals surface area contributed by atoms with Crippen LogP contribution in [0, 0.1) is 0 Å². The summed E-state index contributed by atoms with van der Waals surface area (Å²) in [4.78, 5) is 13.6. The molecule has 1 heterocycles. The normalized spacial score (nSPS) is 10.6. The van der Waals surface area contributed by atoms with Crippen LogP contribution in [0.1, 0.15) is 16.7 Å². The summed E-state index contributed by atoms with van der Waals surface area (Å²) in [5.41, 5.74) is 5.37. The van der Waals surface area contributed by atoms with Gasteiger partial charge in [-0.05, 0) is 13.6 Å². The third-order valence-electron chi connectivity index (χ3n) is 1.95. The second kappa shape index (κ2) is 5.62. The highest BCUT2D eigenvalue weighted by atomic mass is 32.1. The second-order valence-electron chi connectivity index (χ2n) is 3.10. The fourth-order valence-electron chi connectivity index (χ4n) is 0.920. The van der Waals surface area contributed by atoms with Crippen molar-refractivity contribution in [1.82, 2.24) is 20.4 Å².